The van der Waals surface area contributed by atoms with Crippen LogP contribution in [-0.2, 0) is 10.0 Å². The first kappa shape index (κ1) is 15.0. The van der Waals surface area contributed by atoms with E-state index in [0.29, 0.717) is 22.8 Å². The molecule has 3 rings (SSSR count). The maximum absolute atomic E-state index is 13.1. The van der Waals surface area contributed by atoms with E-state index in [0.717, 1.165) is 19.3 Å². The Labute approximate surface area is 127 Å². The molecule has 0 amide bonds. The Morgan fingerprint density at radius 1 is 1.24 bits per heavy atom. The van der Waals surface area contributed by atoms with E-state index in [2.05, 4.69) is 31.0 Å². The number of aromatic nitrogens is 2. The SMILES string of the molecule is Cc1n[nH]c(C)c1S(=O)(=O)N1CC2(C)CC1CC(C)(C)C2. The first-order valence-corrected chi connectivity index (χ1v) is 9.02. The van der Waals surface area contributed by atoms with E-state index in [4.69, 9.17) is 0 Å². The van der Waals surface area contributed by atoms with Crippen molar-refractivity contribution in [3.63, 3.8) is 0 Å². The summed E-state index contributed by atoms with van der Waals surface area (Å²) in [6.45, 7) is 10.9. The Hall–Kier alpha value is -0.880. The smallest absolute Gasteiger partial charge is 0.247 e. The molecule has 1 aliphatic heterocycles. The van der Waals surface area contributed by atoms with Gasteiger partial charge in [0.25, 0.3) is 0 Å². The van der Waals surface area contributed by atoms with Gasteiger partial charge in [0.15, 0.2) is 0 Å². The highest BCUT2D eigenvalue weighted by atomic mass is 32.2. The van der Waals surface area contributed by atoms with E-state index in [9.17, 15) is 8.42 Å². The van der Waals surface area contributed by atoms with Gasteiger partial charge < -0.3 is 0 Å². The fourth-order valence-electron chi connectivity index (χ4n) is 4.73. The van der Waals surface area contributed by atoms with Crippen molar-refractivity contribution >= 4 is 10.0 Å². The van der Waals surface area contributed by atoms with Crippen LogP contribution in [0.2, 0.25) is 0 Å². The van der Waals surface area contributed by atoms with Gasteiger partial charge in [-0.15, -0.1) is 0 Å². The Morgan fingerprint density at radius 3 is 2.48 bits per heavy atom. The summed E-state index contributed by atoms with van der Waals surface area (Å²) in [6, 6.07) is 0.123. The molecule has 2 unspecified atom stereocenters. The highest BCUT2D eigenvalue weighted by Gasteiger charge is 2.53. The van der Waals surface area contributed by atoms with Crippen molar-refractivity contribution in [3.05, 3.63) is 11.4 Å². The van der Waals surface area contributed by atoms with Gasteiger partial charge >= 0.3 is 0 Å². The van der Waals surface area contributed by atoms with Crippen LogP contribution in [0, 0.1) is 24.7 Å². The standard InChI is InChI=1S/C15H25N3O2S/c1-10-13(11(2)17-16-10)21(19,20)18-9-15(5)7-12(18)6-14(3,4)8-15/h12H,6-9H2,1-5H3,(H,16,17). The van der Waals surface area contributed by atoms with E-state index in [1.54, 1.807) is 18.2 Å². The van der Waals surface area contributed by atoms with Gasteiger partial charge in [-0.2, -0.15) is 9.40 Å². The van der Waals surface area contributed by atoms with Crippen molar-refractivity contribution in [2.75, 3.05) is 6.54 Å². The third-order valence-electron chi connectivity index (χ3n) is 4.99. The maximum Gasteiger partial charge on any atom is 0.247 e. The molecule has 118 valence electrons. The van der Waals surface area contributed by atoms with Crippen molar-refractivity contribution in [2.24, 2.45) is 10.8 Å². The van der Waals surface area contributed by atoms with E-state index in [1.165, 1.54) is 0 Å². The van der Waals surface area contributed by atoms with E-state index < -0.39 is 10.0 Å². The van der Waals surface area contributed by atoms with Crippen LogP contribution in [0.25, 0.3) is 0 Å². The second-order valence-electron chi connectivity index (χ2n) is 8.03. The third-order valence-corrected chi connectivity index (χ3v) is 7.16. The fourth-order valence-corrected chi connectivity index (χ4v) is 6.84. The number of nitrogens with zero attached hydrogens (tertiary/aromatic N) is 2. The van der Waals surface area contributed by atoms with Crippen LogP contribution in [0.5, 0.6) is 0 Å². The molecule has 2 bridgehead atoms. The quantitative estimate of drug-likeness (QED) is 0.913. The zero-order chi connectivity index (χ0) is 15.6. The number of sulfonamides is 1. The van der Waals surface area contributed by atoms with Crippen molar-refractivity contribution in [1.82, 2.24) is 14.5 Å². The molecule has 21 heavy (non-hydrogen) atoms. The minimum absolute atomic E-state index is 0.102. The second kappa shape index (κ2) is 4.32. The molecule has 0 spiro atoms. The summed E-state index contributed by atoms with van der Waals surface area (Å²) in [5.74, 6) is 0. The van der Waals surface area contributed by atoms with Crippen LogP contribution in [0.4, 0.5) is 0 Å². The molecular weight excluding hydrogens is 286 g/mol. The molecule has 5 nitrogen and oxygen atoms in total. The molecule has 1 N–H and O–H groups in total. The van der Waals surface area contributed by atoms with Gasteiger partial charge in [0.2, 0.25) is 10.0 Å². The van der Waals surface area contributed by atoms with Gasteiger partial charge in [-0.3, -0.25) is 5.10 Å². The minimum atomic E-state index is -3.46. The minimum Gasteiger partial charge on any atom is -0.281 e. The van der Waals surface area contributed by atoms with E-state index in [-0.39, 0.29) is 16.9 Å². The Balaban J connectivity index is 2.02. The average Bonchev–Trinajstić information content (AvgIpc) is 2.75. The first-order valence-electron chi connectivity index (χ1n) is 7.58. The molecule has 1 saturated heterocycles. The van der Waals surface area contributed by atoms with Crippen LogP contribution in [-0.4, -0.2) is 35.5 Å². The lowest BCUT2D eigenvalue weighted by atomic mass is 9.65. The van der Waals surface area contributed by atoms with Crippen LogP contribution in [0.15, 0.2) is 4.90 Å². The van der Waals surface area contributed by atoms with Gasteiger partial charge in [-0.05, 0) is 43.9 Å². The largest absolute Gasteiger partial charge is 0.281 e. The fraction of sp³-hybridized carbons (Fsp3) is 0.800. The lowest BCUT2D eigenvalue weighted by Crippen LogP contribution is -2.38. The molecule has 0 aromatic carbocycles. The summed E-state index contributed by atoms with van der Waals surface area (Å²) in [7, 11) is -3.46. The van der Waals surface area contributed by atoms with Crippen LogP contribution >= 0.6 is 0 Å². The number of nitrogens with one attached hydrogen (secondary N) is 1. The molecule has 1 aromatic rings. The van der Waals surface area contributed by atoms with Crippen molar-refractivity contribution in [3.8, 4) is 0 Å². The van der Waals surface area contributed by atoms with Crippen molar-refractivity contribution in [2.45, 2.75) is 64.8 Å². The summed E-state index contributed by atoms with van der Waals surface area (Å²) in [6.07, 6.45) is 3.01. The van der Waals surface area contributed by atoms with Crippen LogP contribution < -0.4 is 0 Å². The summed E-state index contributed by atoms with van der Waals surface area (Å²) < 4.78 is 27.9. The lowest BCUT2D eigenvalue weighted by Gasteiger charge is -2.39. The van der Waals surface area contributed by atoms with Gasteiger partial charge in [0.05, 0.1) is 11.4 Å². The lowest BCUT2D eigenvalue weighted by molar-refractivity contribution is 0.133. The van der Waals surface area contributed by atoms with Gasteiger partial charge in [-0.25, -0.2) is 8.42 Å². The third kappa shape index (κ3) is 2.32. The molecule has 6 heteroatoms. The molecule has 2 heterocycles. The highest BCUT2D eigenvalue weighted by molar-refractivity contribution is 7.89. The Kier molecular flexibility index (Phi) is 3.09. The molecule has 2 aliphatic rings. The summed E-state index contributed by atoms with van der Waals surface area (Å²) in [5, 5.41) is 6.85. The normalized spacial score (nSPS) is 32.5. The average molecular weight is 311 g/mol. The highest BCUT2D eigenvalue weighted by Crippen LogP contribution is 2.53. The van der Waals surface area contributed by atoms with Gasteiger partial charge in [0, 0.05) is 12.6 Å². The van der Waals surface area contributed by atoms with Crippen LogP contribution in [0.3, 0.4) is 0 Å². The molecule has 0 radical (unpaired) electrons. The molecule has 1 aliphatic carbocycles. The molecule has 2 fully saturated rings. The Morgan fingerprint density at radius 2 is 1.90 bits per heavy atom. The number of aryl methyl sites for hydroxylation is 2. The Bertz CT molecular complexity index is 658. The summed E-state index contributed by atoms with van der Waals surface area (Å²) in [5.41, 5.74) is 1.52. The molecule has 2 atom stereocenters. The number of aromatic amines is 1. The number of H-pyrrole nitrogens is 1. The van der Waals surface area contributed by atoms with Crippen molar-refractivity contribution in [1.29, 1.82) is 0 Å². The topological polar surface area (TPSA) is 66.1 Å². The zero-order valence-corrected chi connectivity index (χ0v) is 14.3. The van der Waals surface area contributed by atoms with Gasteiger partial charge in [0.1, 0.15) is 4.90 Å². The molecular formula is C15H25N3O2S. The molecule has 1 saturated carbocycles. The zero-order valence-electron chi connectivity index (χ0n) is 13.5. The van der Waals surface area contributed by atoms with E-state index in [1.807, 2.05) is 0 Å². The number of fused-ring (bicyclic) bond motifs is 2. The van der Waals surface area contributed by atoms with Crippen LogP contribution in [0.1, 0.15) is 51.4 Å². The van der Waals surface area contributed by atoms with Crippen molar-refractivity contribution < 1.29 is 8.42 Å². The summed E-state index contributed by atoms with van der Waals surface area (Å²) in [4.78, 5) is 0.372. The maximum atomic E-state index is 13.1. The number of hydrogen-bond acceptors (Lipinski definition) is 3. The first-order chi connectivity index (χ1) is 9.54. The van der Waals surface area contributed by atoms with E-state index >= 15 is 0 Å². The van der Waals surface area contributed by atoms with Gasteiger partial charge in [-0.1, -0.05) is 20.8 Å². The number of hydrogen-bond donors (Lipinski definition) is 1. The molecule has 1 aromatic heterocycles. The number of rotatable bonds is 2. The summed E-state index contributed by atoms with van der Waals surface area (Å²) >= 11 is 0. The monoisotopic (exact) mass is 311 g/mol. The predicted octanol–water partition coefficient (Wildman–Crippen LogP) is 2.62. The predicted molar refractivity (Wildman–Crippen MR) is 81.5 cm³/mol. The second-order valence-corrected chi connectivity index (χ2v) is 9.85.